The van der Waals surface area contributed by atoms with E-state index < -0.39 is 0 Å². The molecule has 0 aromatic carbocycles. The quantitative estimate of drug-likeness (QED) is 0.726. The second kappa shape index (κ2) is 3.81. The SMILES string of the molecule is Cc1ccsc1C1CC(C)CCN1. The predicted molar refractivity (Wildman–Crippen MR) is 58.2 cm³/mol. The molecule has 1 aromatic heterocycles. The molecule has 0 aliphatic carbocycles. The minimum absolute atomic E-state index is 0.628. The van der Waals surface area contributed by atoms with E-state index in [0.717, 1.165) is 5.92 Å². The van der Waals surface area contributed by atoms with E-state index in [0.29, 0.717) is 6.04 Å². The van der Waals surface area contributed by atoms with E-state index in [4.69, 9.17) is 0 Å². The van der Waals surface area contributed by atoms with Crippen LogP contribution in [0.15, 0.2) is 11.4 Å². The fourth-order valence-electron chi connectivity index (χ4n) is 2.05. The van der Waals surface area contributed by atoms with Gasteiger partial charge in [0.1, 0.15) is 0 Å². The smallest absolute Gasteiger partial charge is 0.0420 e. The highest BCUT2D eigenvalue weighted by molar-refractivity contribution is 7.10. The Morgan fingerprint density at radius 1 is 1.54 bits per heavy atom. The summed E-state index contributed by atoms with van der Waals surface area (Å²) in [7, 11) is 0. The summed E-state index contributed by atoms with van der Waals surface area (Å²) in [6, 6.07) is 2.85. The van der Waals surface area contributed by atoms with E-state index in [2.05, 4.69) is 30.6 Å². The monoisotopic (exact) mass is 195 g/mol. The average Bonchev–Trinajstić information content (AvgIpc) is 2.51. The van der Waals surface area contributed by atoms with Crippen LogP contribution >= 0.6 is 11.3 Å². The third-order valence-electron chi connectivity index (χ3n) is 2.88. The molecular weight excluding hydrogens is 178 g/mol. The average molecular weight is 195 g/mol. The standard InChI is InChI=1S/C11H17NS/c1-8-3-5-12-10(7-8)11-9(2)4-6-13-11/h4,6,8,10,12H,3,5,7H2,1-2H3. The lowest BCUT2D eigenvalue weighted by Gasteiger charge is -2.28. The van der Waals surface area contributed by atoms with Gasteiger partial charge in [-0.2, -0.15) is 0 Å². The molecule has 1 saturated heterocycles. The molecule has 1 aromatic rings. The number of hydrogen-bond acceptors (Lipinski definition) is 2. The number of hydrogen-bond donors (Lipinski definition) is 1. The summed E-state index contributed by atoms with van der Waals surface area (Å²) in [5.74, 6) is 0.882. The zero-order chi connectivity index (χ0) is 9.26. The largest absolute Gasteiger partial charge is 0.309 e. The van der Waals surface area contributed by atoms with Crippen LogP contribution in [0.25, 0.3) is 0 Å². The Bertz CT molecular complexity index is 279. The first-order valence-electron chi connectivity index (χ1n) is 5.04. The van der Waals surface area contributed by atoms with E-state index in [1.165, 1.54) is 24.9 Å². The fraction of sp³-hybridized carbons (Fsp3) is 0.636. The number of aryl methyl sites for hydroxylation is 1. The van der Waals surface area contributed by atoms with Crippen molar-refractivity contribution in [3.8, 4) is 0 Å². The molecule has 2 rings (SSSR count). The summed E-state index contributed by atoms with van der Waals surface area (Å²) in [4.78, 5) is 1.55. The Kier molecular flexibility index (Phi) is 2.70. The van der Waals surface area contributed by atoms with Crippen molar-refractivity contribution in [2.45, 2.75) is 32.7 Å². The fourth-order valence-corrected chi connectivity index (χ4v) is 3.07. The molecule has 13 heavy (non-hydrogen) atoms. The number of piperidine rings is 1. The normalized spacial score (nSPS) is 29.1. The molecular formula is C11H17NS. The summed E-state index contributed by atoms with van der Waals surface area (Å²) >= 11 is 1.90. The Balaban J connectivity index is 2.12. The molecule has 1 fully saturated rings. The van der Waals surface area contributed by atoms with Crippen molar-refractivity contribution in [1.82, 2.24) is 5.32 Å². The first-order valence-corrected chi connectivity index (χ1v) is 5.92. The van der Waals surface area contributed by atoms with Crippen LogP contribution in [-0.4, -0.2) is 6.54 Å². The van der Waals surface area contributed by atoms with Crippen molar-refractivity contribution < 1.29 is 0 Å². The van der Waals surface area contributed by atoms with E-state index in [1.54, 1.807) is 4.88 Å². The lowest BCUT2D eigenvalue weighted by Crippen LogP contribution is -2.30. The van der Waals surface area contributed by atoms with Gasteiger partial charge in [0.2, 0.25) is 0 Å². The third kappa shape index (κ3) is 1.94. The lowest BCUT2D eigenvalue weighted by molar-refractivity contribution is 0.328. The molecule has 0 bridgehead atoms. The van der Waals surface area contributed by atoms with Crippen LogP contribution in [0.3, 0.4) is 0 Å². The molecule has 0 saturated carbocycles. The first kappa shape index (κ1) is 9.22. The van der Waals surface area contributed by atoms with Crippen molar-refractivity contribution in [2.75, 3.05) is 6.54 Å². The highest BCUT2D eigenvalue weighted by Crippen LogP contribution is 2.31. The van der Waals surface area contributed by atoms with Gasteiger partial charge in [0, 0.05) is 10.9 Å². The van der Waals surface area contributed by atoms with Crippen LogP contribution in [0.1, 0.15) is 36.2 Å². The van der Waals surface area contributed by atoms with Gasteiger partial charge in [0.15, 0.2) is 0 Å². The van der Waals surface area contributed by atoms with E-state index in [1.807, 2.05) is 11.3 Å². The van der Waals surface area contributed by atoms with Crippen LogP contribution < -0.4 is 5.32 Å². The van der Waals surface area contributed by atoms with Crippen molar-refractivity contribution in [1.29, 1.82) is 0 Å². The number of nitrogens with one attached hydrogen (secondary N) is 1. The molecule has 2 heterocycles. The minimum Gasteiger partial charge on any atom is -0.309 e. The predicted octanol–water partition coefficient (Wildman–Crippen LogP) is 3.12. The summed E-state index contributed by atoms with van der Waals surface area (Å²) in [6.07, 6.45) is 2.64. The molecule has 2 atom stereocenters. The molecule has 0 spiro atoms. The highest BCUT2D eigenvalue weighted by atomic mass is 32.1. The minimum atomic E-state index is 0.628. The van der Waals surface area contributed by atoms with Crippen molar-refractivity contribution in [2.24, 2.45) is 5.92 Å². The van der Waals surface area contributed by atoms with Gasteiger partial charge < -0.3 is 5.32 Å². The molecule has 1 aliphatic heterocycles. The number of thiophene rings is 1. The Morgan fingerprint density at radius 3 is 3.00 bits per heavy atom. The summed E-state index contributed by atoms with van der Waals surface area (Å²) in [6.45, 7) is 5.76. The Morgan fingerprint density at radius 2 is 2.38 bits per heavy atom. The van der Waals surface area contributed by atoms with Gasteiger partial charge in [-0.1, -0.05) is 6.92 Å². The zero-order valence-corrected chi connectivity index (χ0v) is 9.16. The summed E-state index contributed by atoms with van der Waals surface area (Å²) < 4.78 is 0. The summed E-state index contributed by atoms with van der Waals surface area (Å²) in [5, 5.41) is 5.80. The van der Waals surface area contributed by atoms with E-state index in [9.17, 15) is 0 Å². The van der Waals surface area contributed by atoms with Crippen molar-refractivity contribution >= 4 is 11.3 Å². The van der Waals surface area contributed by atoms with E-state index >= 15 is 0 Å². The molecule has 1 aliphatic rings. The molecule has 2 heteroatoms. The maximum atomic E-state index is 3.60. The second-order valence-electron chi connectivity index (χ2n) is 4.10. The van der Waals surface area contributed by atoms with E-state index in [-0.39, 0.29) is 0 Å². The summed E-state index contributed by atoms with van der Waals surface area (Å²) in [5.41, 5.74) is 1.46. The van der Waals surface area contributed by atoms with Gasteiger partial charge >= 0.3 is 0 Å². The highest BCUT2D eigenvalue weighted by Gasteiger charge is 2.21. The van der Waals surface area contributed by atoms with Crippen LogP contribution in [0, 0.1) is 12.8 Å². The molecule has 1 N–H and O–H groups in total. The van der Waals surface area contributed by atoms with Gasteiger partial charge in [-0.25, -0.2) is 0 Å². The second-order valence-corrected chi connectivity index (χ2v) is 5.05. The topological polar surface area (TPSA) is 12.0 Å². The zero-order valence-electron chi connectivity index (χ0n) is 8.34. The molecule has 0 radical (unpaired) electrons. The Hall–Kier alpha value is -0.340. The van der Waals surface area contributed by atoms with Crippen molar-refractivity contribution in [3.63, 3.8) is 0 Å². The van der Waals surface area contributed by atoms with Crippen molar-refractivity contribution in [3.05, 3.63) is 21.9 Å². The van der Waals surface area contributed by atoms with Crippen LogP contribution in [0.5, 0.6) is 0 Å². The maximum Gasteiger partial charge on any atom is 0.0420 e. The molecule has 1 nitrogen and oxygen atoms in total. The van der Waals surface area contributed by atoms with Crippen LogP contribution in [-0.2, 0) is 0 Å². The number of rotatable bonds is 1. The first-order chi connectivity index (χ1) is 6.27. The van der Waals surface area contributed by atoms with Gasteiger partial charge in [0.25, 0.3) is 0 Å². The Labute approximate surface area is 84.2 Å². The van der Waals surface area contributed by atoms with Gasteiger partial charge in [-0.15, -0.1) is 11.3 Å². The van der Waals surface area contributed by atoms with Crippen LogP contribution in [0.2, 0.25) is 0 Å². The van der Waals surface area contributed by atoms with Gasteiger partial charge in [0.05, 0.1) is 0 Å². The third-order valence-corrected chi connectivity index (χ3v) is 4.02. The molecule has 2 unspecified atom stereocenters. The maximum absolute atomic E-state index is 3.60. The molecule has 0 amide bonds. The van der Waals surface area contributed by atoms with Crippen LogP contribution in [0.4, 0.5) is 0 Å². The lowest BCUT2D eigenvalue weighted by atomic mass is 9.92. The molecule has 72 valence electrons. The van der Waals surface area contributed by atoms with Gasteiger partial charge in [-0.3, -0.25) is 0 Å². The van der Waals surface area contributed by atoms with Gasteiger partial charge in [-0.05, 0) is 49.2 Å².